The highest BCUT2D eigenvalue weighted by atomic mass is 32.2. The Morgan fingerprint density at radius 2 is 1.88 bits per heavy atom. The summed E-state index contributed by atoms with van der Waals surface area (Å²) in [5.41, 5.74) is 3.47. The van der Waals surface area contributed by atoms with Gasteiger partial charge in [0.05, 0.1) is 18.8 Å². The molecule has 0 aliphatic carbocycles. The van der Waals surface area contributed by atoms with Crippen molar-refractivity contribution in [2.24, 2.45) is 7.05 Å². The lowest BCUT2D eigenvalue weighted by Crippen LogP contribution is -2.31. The Hall–Kier alpha value is -2.79. The molecular formula is C22H25N5O4S. The molecule has 0 bridgehead atoms. The van der Waals surface area contributed by atoms with E-state index in [1.54, 1.807) is 11.7 Å². The molecule has 168 valence electrons. The van der Waals surface area contributed by atoms with Crippen molar-refractivity contribution in [3.05, 3.63) is 65.2 Å². The molecule has 0 unspecified atom stereocenters. The van der Waals surface area contributed by atoms with Gasteiger partial charge in [0, 0.05) is 37.4 Å². The van der Waals surface area contributed by atoms with Crippen molar-refractivity contribution in [3.63, 3.8) is 0 Å². The van der Waals surface area contributed by atoms with Gasteiger partial charge in [-0.1, -0.05) is 48.2 Å². The Morgan fingerprint density at radius 3 is 2.50 bits per heavy atom. The number of nitrogens with one attached hydrogen (secondary N) is 1. The van der Waals surface area contributed by atoms with Crippen molar-refractivity contribution < 1.29 is 19.4 Å². The summed E-state index contributed by atoms with van der Waals surface area (Å²) in [5.74, 6) is 0.549. The number of nitrogens with zero attached hydrogens (tertiary/aromatic N) is 4. The largest absolute Gasteiger partial charge is 0.392 e. The van der Waals surface area contributed by atoms with E-state index in [0.29, 0.717) is 12.2 Å². The normalized spacial score (nSPS) is 20.8. The number of aliphatic hydroxyl groups excluding tert-OH is 1. The van der Waals surface area contributed by atoms with Crippen molar-refractivity contribution in [1.29, 1.82) is 0 Å². The minimum atomic E-state index is -0.555. The Kier molecular flexibility index (Phi) is 7.15. The highest BCUT2D eigenvalue weighted by Gasteiger charge is 2.32. The molecule has 10 heteroatoms. The quantitative estimate of drug-likeness (QED) is 0.523. The fraction of sp³-hybridized carbons (Fsp3) is 0.364. The van der Waals surface area contributed by atoms with Crippen molar-refractivity contribution in [3.8, 4) is 0 Å². The van der Waals surface area contributed by atoms with Crippen LogP contribution >= 0.6 is 11.8 Å². The van der Waals surface area contributed by atoms with Crippen LogP contribution < -0.4 is 5.32 Å². The van der Waals surface area contributed by atoms with Gasteiger partial charge in [-0.25, -0.2) is 4.68 Å². The molecule has 2 aromatic carbocycles. The number of amides is 1. The average molecular weight is 456 g/mol. The first kappa shape index (κ1) is 22.4. The lowest BCUT2D eigenvalue weighted by molar-refractivity contribution is -0.245. The Balaban J connectivity index is 1.52. The van der Waals surface area contributed by atoms with Crippen LogP contribution in [0.5, 0.6) is 0 Å². The lowest BCUT2D eigenvalue weighted by Gasteiger charge is -2.36. The third-order valence-corrected chi connectivity index (χ3v) is 6.24. The minimum absolute atomic E-state index is 0.00316. The number of hydrogen-bond donors (Lipinski definition) is 2. The number of rotatable bonds is 7. The van der Waals surface area contributed by atoms with E-state index in [2.05, 4.69) is 20.8 Å². The maximum atomic E-state index is 11.3. The van der Waals surface area contributed by atoms with Crippen molar-refractivity contribution >= 4 is 23.4 Å². The molecule has 0 saturated carbocycles. The number of anilines is 1. The van der Waals surface area contributed by atoms with E-state index < -0.39 is 6.29 Å². The SMILES string of the molecule is CC(=O)Nc1ccc([C@@H]2O[C@H](CSc3nnnn3C)C[C@H](c3ccc(CO)cc3)O2)cc1. The van der Waals surface area contributed by atoms with Crippen LogP contribution in [-0.2, 0) is 27.9 Å². The average Bonchev–Trinajstić information content (AvgIpc) is 3.22. The fourth-order valence-corrected chi connectivity index (χ4v) is 4.33. The summed E-state index contributed by atoms with van der Waals surface area (Å²) in [6.45, 7) is 1.48. The number of hydrogen-bond acceptors (Lipinski definition) is 8. The van der Waals surface area contributed by atoms with Gasteiger partial charge in [0.2, 0.25) is 11.1 Å². The number of thioether (sulfide) groups is 1. The van der Waals surface area contributed by atoms with E-state index >= 15 is 0 Å². The molecule has 1 aromatic heterocycles. The van der Waals surface area contributed by atoms with E-state index in [4.69, 9.17) is 9.47 Å². The van der Waals surface area contributed by atoms with Crippen molar-refractivity contribution in [2.45, 2.75) is 43.6 Å². The fourth-order valence-electron chi connectivity index (χ4n) is 3.46. The molecule has 2 N–H and O–H groups in total. The molecule has 2 heterocycles. The topological polar surface area (TPSA) is 111 Å². The summed E-state index contributed by atoms with van der Waals surface area (Å²) in [4.78, 5) is 11.3. The number of carbonyl (C=O) groups excluding carboxylic acids is 1. The van der Waals surface area contributed by atoms with E-state index in [1.807, 2.05) is 48.5 Å². The molecular weight excluding hydrogens is 430 g/mol. The number of tetrazole rings is 1. The maximum Gasteiger partial charge on any atom is 0.221 e. The number of ether oxygens (including phenoxy) is 2. The second-order valence-electron chi connectivity index (χ2n) is 7.55. The zero-order chi connectivity index (χ0) is 22.5. The smallest absolute Gasteiger partial charge is 0.221 e. The van der Waals surface area contributed by atoms with Crippen LogP contribution in [0.25, 0.3) is 0 Å². The van der Waals surface area contributed by atoms with Gasteiger partial charge >= 0.3 is 0 Å². The maximum absolute atomic E-state index is 11.3. The van der Waals surface area contributed by atoms with Gasteiger partial charge in [-0.2, -0.15) is 0 Å². The van der Waals surface area contributed by atoms with Crippen LogP contribution in [0.1, 0.15) is 42.4 Å². The predicted octanol–water partition coefficient (Wildman–Crippen LogP) is 3.00. The summed E-state index contributed by atoms with van der Waals surface area (Å²) in [7, 11) is 1.80. The van der Waals surface area contributed by atoms with E-state index in [1.165, 1.54) is 18.7 Å². The summed E-state index contributed by atoms with van der Waals surface area (Å²) in [6, 6.07) is 15.2. The first-order valence-corrected chi connectivity index (χ1v) is 11.2. The Labute approximate surface area is 190 Å². The molecule has 1 aliphatic heterocycles. The molecule has 3 aromatic rings. The first-order chi connectivity index (χ1) is 15.5. The molecule has 4 rings (SSSR count). The third kappa shape index (κ3) is 5.52. The standard InChI is InChI=1S/C22H25N5O4S/c1-14(29)23-18-9-7-17(8-10-18)21-30-19(13-32-22-24-25-26-27(22)2)11-20(31-21)16-5-3-15(12-28)4-6-16/h3-10,19-21,28H,11-13H2,1-2H3,(H,23,29)/t19-,20+,21+/m0/s1. The number of aryl methyl sites for hydroxylation is 1. The van der Waals surface area contributed by atoms with Gasteiger partial charge in [-0.15, -0.1) is 5.10 Å². The van der Waals surface area contributed by atoms with Crippen LogP contribution in [0.15, 0.2) is 53.7 Å². The summed E-state index contributed by atoms with van der Waals surface area (Å²) in [5, 5.41) is 24.4. The van der Waals surface area contributed by atoms with Gasteiger partial charge in [-0.3, -0.25) is 4.79 Å². The molecule has 0 radical (unpaired) electrons. The van der Waals surface area contributed by atoms with Crippen LogP contribution in [-0.4, -0.2) is 43.1 Å². The summed E-state index contributed by atoms with van der Waals surface area (Å²) in [6.07, 6.45) is -0.134. The number of aromatic nitrogens is 4. The van der Waals surface area contributed by atoms with Crippen molar-refractivity contribution in [2.75, 3.05) is 11.1 Å². The molecule has 3 atom stereocenters. The molecule has 1 amide bonds. The van der Waals surface area contributed by atoms with E-state index in [0.717, 1.165) is 27.5 Å². The Morgan fingerprint density at radius 1 is 1.16 bits per heavy atom. The van der Waals surface area contributed by atoms with Crippen LogP contribution in [0.3, 0.4) is 0 Å². The van der Waals surface area contributed by atoms with Gasteiger partial charge in [-0.05, 0) is 33.7 Å². The number of benzene rings is 2. The lowest BCUT2D eigenvalue weighted by atomic mass is 10.0. The van der Waals surface area contributed by atoms with Gasteiger partial charge in [0.15, 0.2) is 6.29 Å². The van der Waals surface area contributed by atoms with E-state index in [9.17, 15) is 9.90 Å². The number of carbonyl (C=O) groups is 1. The molecule has 1 aliphatic rings. The second kappa shape index (κ2) is 10.2. The third-order valence-electron chi connectivity index (χ3n) is 5.10. The molecule has 1 saturated heterocycles. The van der Waals surface area contributed by atoms with Gasteiger partial charge in [0.1, 0.15) is 0 Å². The molecule has 9 nitrogen and oxygen atoms in total. The predicted molar refractivity (Wildman–Crippen MR) is 119 cm³/mol. The summed E-state index contributed by atoms with van der Waals surface area (Å²) >= 11 is 1.54. The zero-order valence-corrected chi connectivity index (χ0v) is 18.7. The molecule has 32 heavy (non-hydrogen) atoms. The number of aliphatic hydroxyl groups is 1. The Bertz CT molecular complexity index is 1040. The monoisotopic (exact) mass is 455 g/mol. The van der Waals surface area contributed by atoms with Crippen LogP contribution in [0.4, 0.5) is 5.69 Å². The van der Waals surface area contributed by atoms with Crippen LogP contribution in [0, 0.1) is 0 Å². The first-order valence-electron chi connectivity index (χ1n) is 10.2. The second-order valence-corrected chi connectivity index (χ2v) is 8.54. The van der Waals surface area contributed by atoms with Crippen LogP contribution in [0.2, 0.25) is 0 Å². The molecule has 0 spiro atoms. The highest BCUT2D eigenvalue weighted by Crippen LogP contribution is 2.39. The zero-order valence-electron chi connectivity index (χ0n) is 17.8. The van der Waals surface area contributed by atoms with Crippen molar-refractivity contribution in [1.82, 2.24) is 20.2 Å². The summed E-state index contributed by atoms with van der Waals surface area (Å²) < 4.78 is 14.2. The minimum Gasteiger partial charge on any atom is -0.392 e. The van der Waals surface area contributed by atoms with E-state index in [-0.39, 0.29) is 24.7 Å². The highest BCUT2D eigenvalue weighted by molar-refractivity contribution is 7.99. The molecule has 1 fully saturated rings. The van der Waals surface area contributed by atoms with Gasteiger partial charge < -0.3 is 19.9 Å². The van der Waals surface area contributed by atoms with Gasteiger partial charge in [0.25, 0.3) is 0 Å².